The van der Waals surface area contributed by atoms with E-state index in [0.717, 1.165) is 11.3 Å². The van der Waals surface area contributed by atoms with Gasteiger partial charge in [0.2, 0.25) is 15.9 Å². The molecule has 3 aromatic carbocycles. The zero-order chi connectivity index (χ0) is 24.8. The van der Waals surface area contributed by atoms with Gasteiger partial charge in [-0.25, -0.2) is 17.1 Å². The first kappa shape index (κ1) is 25.7. The molecule has 0 saturated carbocycles. The molecule has 35 heavy (non-hydrogen) atoms. The Bertz CT molecular complexity index is 1240. The second-order valence-corrected chi connectivity index (χ2v) is 11.8. The third kappa shape index (κ3) is 6.85. The molecule has 0 radical (unpaired) electrons. The maximum absolute atomic E-state index is 14.0. The van der Waals surface area contributed by atoms with Gasteiger partial charge in [-0.15, -0.1) is 11.8 Å². The van der Waals surface area contributed by atoms with Crippen LogP contribution in [0.4, 0.5) is 10.1 Å². The van der Waals surface area contributed by atoms with Crippen molar-refractivity contribution < 1.29 is 17.6 Å². The SMILES string of the molecule is O=C(Nc1ccc(CSc2ccccc2)cc1)C1CCN(S(=O)(=O)Cc2c(F)cccc2Cl)CC1. The van der Waals surface area contributed by atoms with Gasteiger partial charge in [-0.05, 0) is 54.8 Å². The summed E-state index contributed by atoms with van der Waals surface area (Å²) >= 11 is 7.75. The molecular weight excluding hydrogens is 507 g/mol. The number of piperidine rings is 1. The molecule has 3 aromatic rings. The van der Waals surface area contributed by atoms with Gasteiger partial charge in [0.1, 0.15) is 5.82 Å². The van der Waals surface area contributed by atoms with E-state index >= 15 is 0 Å². The number of thioether (sulfide) groups is 1. The van der Waals surface area contributed by atoms with Crippen molar-refractivity contribution >= 4 is 45.0 Å². The van der Waals surface area contributed by atoms with Gasteiger partial charge < -0.3 is 5.32 Å². The van der Waals surface area contributed by atoms with Crippen LogP contribution in [0.15, 0.2) is 77.7 Å². The van der Waals surface area contributed by atoms with Crippen LogP contribution >= 0.6 is 23.4 Å². The molecule has 0 aliphatic carbocycles. The van der Waals surface area contributed by atoms with E-state index in [2.05, 4.69) is 17.4 Å². The summed E-state index contributed by atoms with van der Waals surface area (Å²) in [6.07, 6.45) is 0.809. The quantitative estimate of drug-likeness (QED) is 0.364. The Kier molecular flexibility index (Phi) is 8.49. The van der Waals surface area contributed by atoms with E-state index in [0.29, 0.717) is 18.5 Å². The topological polar surface area (TPSA) is 66.5 Å². The molecule has 1 aliphatic rings. The van der Waals surface area contributed by atoms with Gasteiger partial charge in [-0.3, -0.25) is 4.79 Å². The minimum atomic E-state index is -3.74. The molecule has 0 bridgehead atoms. The highest BCUT2D eigenvalue weighted by Crippen LogP contribution is 2.27. The van der Waals surface area contributed by atoms with Crippen molar-refractivity contribution in [2.24, 2.45) is 5.92 Å². The Hall–Kier alpha value is -2.39. The van der Waals surface area contributed by atoms with Gasteiger partial charge >= 0.3 is 0 Å². The largest absolute Gasteiger partial charge is 0.326 e. The van der Waals surface area contributed by atoms with Crippen molar-refractivity contribution in [1.82, 2.24) is 4.31 Å². The minimum absolute atomic E-state index is 0.0281. The maximum Gasteiger partial charge on any atom is 0.227 e. The second-order valence-electron chi connectivity index (χ2n) is 8.42. The van der Waals surface area contributed by atoms with Crippen molar-refractivity contribution in [3.05, 3.63) is 94.8 Å². The lowest BCUT2D eigenvalue weighted by atomic mass is 9.97. The lowest BCUT2D eigenvalue weighted by Crippen LogP contribution is -2.42. The number of sulfonamides is 1. The van der Waals surface area contributed by atoms with Crippen LogP contribution in [0.2, 0.25) is 5.02 Å². The van der Waals surface area contributed by atoms with Crippen LogP contribution < -0.4 is 5.32 Å². The van der Waals surface area contributed by atoms with Gasteiger partial charge in [-0.1, -0.05) is 48.0 Å². The summed E-state index contributed by atoms with van der Waals surface area (Å²) in [4.78, 5) is 14.0. The number of nitrogens with one attached hydrogen (secondary N) is 1. The summed E-state index contributed by atoms with van der Waals surface area (Å²) in [5.41, 5.74) is 1.85. The van der Waals surface area contributed by atoms with E-state index < -0.39 is 21.6 Å². The molecule has 1 amide bonds. The molecule has 1 heterocycles. The summed E-state index contributed by atoms with van der Waals surface area (Å²) in [7, 11) is -3.74. The predicted octanol–water partition coefficient (Wildman–Crippen LogP) is 5.95. The van der Waals surface area contributed by atoms with Crippen molar-refractivity contribution in [3.8, 4) is 0 Å². The van der Waals surface area contributed by atoms with E-state index in [-0.39, 0.29) is 35.5 Å². The van der Waals surface area contributed by atoms with E-state index in [1.807, 2.05) is 42.5 Å². The monoisotopic (exact) mass is 532 g/mol. The predicted molar refractivity (Wildman–Crippen MR) is 139 cm³/mol. The van der Waals surface area contributed by atoms with Gasteiger partial charge in [0.15, 0.2) is 0 Å². The van der Waals surface area contributed by atoms with Crippen LogP contribution in [0.5, 0.6) is 0 Å². The first-order chi connectivity index (χ1) is 16.8. The van der Waals surface area contributed by atoms with Gasteiger partial charge in [0.05, 0.1) is 5.75 Å². The molecule has 0 aromatic heterocycles. The number of benzene rings is 3. The Balaban J connectivity index is 1.27. The van der Waals surface area contributed by atoms with Crippen LogP contribution in [0.3, 0.4) is 0 Å². The first-order valence-electron chi connectivity index (χ1n) is 11.3. The average molecular weight is 533 g/mol. The average Bonchev–Trinajstić information content (AvgIpc) is 2.87. The molecule has 0 atom stereocenters. The highest BCUT2D eigenvalue weighted by molar-refractivity contribution is 7.98. The van der Waals surface area contributed by atoms with E-state index in [4.69, 9.17) is 11.6 Å². The molecule has 1 fully saturated rings. The molecule has 1 saturated heterocycles. The van der Waals surface area contributed by atoms with Gasteiger partial charge in [-0.2, -0.15) is 0 Å². The lowest BCUT2D eigenvalue weighted by molar-refractivity contribution is -0.120. The Morgan fingerprint density at radius 3 is 2.34 bits per heavy atom. The fourth-order valence-corrected chi connectivity index (χ4v) is 6.74. The number of amides is 1. The van der Waals surface area contributed by atoms with E-state index in [9.17, 15) is 17.6 Å². The number of carbonyl (C=O) groups excluding carboxylic acids is 1. The summed E-state index contributed by atoms with van der Waals surface area (Å²) in [6, 6.07) is 22.0. The lowest BCUT2D eigenvalue weighted by Gasteiger charge is -2.30. The number of nitrogens with zero attached hydrogens (tertiary/aromatic N) is 1. The zero-order valence-corrected chi connectivity index (χ0v) is 21.4. The fourth-order valence-electron chi connectivity index (χ4n) is 3.95. The Labute approximate surface area is 214 Å². The molecule has 1 aliphatic heterocycles. The van der Waals surface area contributed by atoms with Crippen LogP contribution in [0.25, 0.3) is 0 Å². The van der Waals surface area contributed by atoms with Crippen LogP contribution in [0.1, 0.15) is 24.0 Å². The van der Waals surface area contributed by atoms with Crippen LogP contribution in [-0.4, -0.2) is 31.7 Å². The normalized spacial score (nSPS) is 15.1. The fraction of sp³-hybridized carbons (Fsp3) is 0.269. The summed E-state index contributed by atoms with van der Waals surface area (Å²) in [5, 5.41) is 3.03. The molecule has 184 valence electrons. The molecular formula is C26H26ClFN2O3S2. The number of hydrogen-bond donors (Lipinski definition) is 1. The van der Waals surface area contributed by atoms with Crippen molar-refractivity contribution in [2.75, 3.05) is 18.4 Å². The molecule has 4 rings (SSSR count). The number of halogens is 2. The van der Waals surface area contributed by atoms with Crippen molar-refractivity contribution in [1.29, 1.82) is 0 Å². The number of carbonyl (C=O) groups is 1. The molecule has 1 N–H and O–H groups in total. The van der Waals surface area contributed by atoms with Crippen molar-refractivity contribution in [3.63, 3.8) is 0 Å². The number of anilines is 1. The Morgan fingerprint density at radius 1 is 1.00 bits per heavy atom. The van der Waals surface area contributed by atoms with E-state index in [1.165, 1.54) is 27.4 Å². The van der Waals surface area contributed by atoms with Crippen LogP contribution in [-0.2, 0) is 26.3 Å². The molecule has 5 nitrogen and oxygen atoms in total. The minimum Gasteiger partial charge on any atom is -0.326 e. The summed E-state index contributed by atoms with van der Waals surface area (Å²) in [5.74, 6) is -0.703. The second kappa shape index (κ2) is 11.6. The first-order valence-corrected chi connectivity index (χ1v) is 14.3. The van der Waals surface area contributed by atoms with Gasteiger partial charge in [0, 0.05) is 45.9 Å². The van der Waals surface area contributed by atoms with Crippen molar-refractivity contribution in [2.45, 2.75) is 29.2 Å². The molecule has 0 unspecified atom stereocenters. The highest BCUT2D eigenvalue weighted by atomic mass is 35.5. The number of rotatable bonds is 8. The third-order valence-electron chi connectivity index (χ3n) is 5.98. The standard InChI is InChI=1S/C26H26ClFN2O3S2/c27-24-7-4-8-25(28)23(24)18-35(32,33)30-15-13-20(14-16-30)26(31)29-21-11-9-19(10-12-21)17-34-22-5-2-1-3-6-22/h1-12,20H,13-18H2,(H,29,31). The number of hydrogen-bond acceptors (Lipinski definition) is 4. The summed E-state index contributed by atoms with van der Waals surface area (Å²) in [6.45, 7) is 0.421. The summed E-state index contributed by atoms with van der Waals surface area (Å²) < 4.78 is 41.0. The third-order valence-corrected chi connectivity index (χ3v) is 9.22. The molecule has 9 heteroatoms. The van der Waals surface area contributed by atoms with Crippen LogP contribution in [0, 0.1) is 11.7 Å². The van der Waals surface area contributed by atoms with E-state index in [1.54, 1.807) is 11.8 Å². The maximum atomic E-state index is 14.0. The Morgan fingerprint density at radius 2 is 1.69 bits per heavy atom. The zero-order valence-electron chi connectivity index (χ0n) is 19.0. The van der Waals surface area contributed by atoms with Gasteiger partial charge in [0.25, 0.3) is 0 Å². The highest BCUT2D eigenvalue weighted by Gasteiger charge is 2.32. The molecule has 0 spiro atoms. The smallest absolute Gasteiger partial charge is 0.227 e.